The summed E-state index contributed by atoms with van der Waals surface area (Å²) in [6.07, 6.45) is 0. The third kappa shape index (κ3) is 3.46. The van der Waals surface area contributed by atoms with Crippen LogP contribution in [-0.2, 0) is 0 Å². The highest BCUT2D eigenvalue weighted by Gasteiger charge is 2.10. The first-order chi connectivity index (χ1) is 18.7. The third-order valence-corrected chi connectivity index (χ3v) is 7.10. The van der Waals surface area contributed by atoms with E-state index in [0.717, 1.165) is 42.0 Å². The number of aromatic nitrogens is 2. The largest absolute Gasteiger partial charge is 0.507 e. The Morgan fingerprint density at radius 1 is 0.342 bits per heavy atom. The summed E-state index contributed by atoms with van der Waals surface area (Å²) in [6, 6.07) is 39.2. The van der Waals surface area contributed by atoms with Crippen LogP contribution in [0.15, 0.2) is 121 Å². The van der Waals surface area contributed by atoms with Crippen LogP contribution in [0, 0.1) is 42.0 Å². The lowest BCUT2D eigenvalue weighted by Gasteiger charge is -2.08. The van der Waals surface area contributed by atoms with Gasteiger partial charge in [-0.05, 0) is 69.4 Å². The van der Waals surface area contributed by atoms with E-state index in [9.17, 15) is 10.2 Å². The predicted molar refractivity (Wildman–Crippen MR) is 146 cm³/mol. The van der Waals surface area contributed by atoms with Crippen molar-refractivity contribution in [1.82, 2.24) is 9.97 Å². The van der Waals surface area contributed by atoms with E-state index in [1.54, 1.807) is 24.3 Å². The van der Waals surface area contributed by atoms with Gasteiger partial charge in [0.2, 0.25) is 0 Å². The van der Waals surface area contributed by atoms with E-state index in [1.807, 2.05) is 48.5 Å². The van der Waals surface area contributed by atoms with Crippen molar-refractivity contribution >= 4 is 0 Å². The van der Waals surface area contributed by atoms with Crippen molar-refractivity contribution in [3.05, 3.63) is 163 Å². The summed E-state index contributed by atoms with van der Waals surface area (Å²) in [5.41, 5.74) is 2.64. The summed E-state index contributed by atoms with van der Waals surface area (Å²) in [7, 11) is 0. The van der Waals surface area contributed by atoms with Crippen LogP contribution in [0.2, 0.25) is 0 Å². The van der Waals surface area contributed by atoms with Crippen LogP contribution in [0.4, 0.5) is 0 Å². The SMILES string of the molecule is Oc1ccccc1-c1ccc2/c(n1)=c1/nc(-c3ccccc3O)cc/c1=c1\cccc\c1=c1/cccc/c1=2. The smallest absolute Gasteiger partial charge is 0.124 e. The molecule has 2 aromatic heterocycles. The lowest BCUT2D eigenvalue weighted by Crippen LogP contribution is -1.97. The van der Waals surface area contributed by atoms with E-state index in [-0.39, 0.29) is 11.5 Å². The van der Waals surface area contributed by atoms with Gasteiger partial charge in [0, 0.05) is 21.6 Å². The fraction of sp³-hybridized carbons (Fsp3) is 0. The number of fused-ring (bicyclic) bond motifs is 4. The van der Waals surface area contributed by atoms with Crippen LogP contribution >= 0.6 is 0 Å². The summed E-state index contributed by atoms with van der Waals surface area (Å²) < 4.78 is 0. The fourth-order valence-corrected chi connectivity index (χ4v) is 5.30. The van der Waals surface area contributed by atoms with E-state index in [2.05, 4.69) is 48.5 Å². The number of para-hydroxylation sites is 2. The Morgan fingerprint density at radius 2 is 0.684 bits per heavy atom. The summed E-state index contributed by atoms with van der Waals surface area (Å²) in [6.45, 7) is 0. The number of aromatic hydroxyl groups is 2. The number of rotatable bonds is 2. The number of phenolic OH excluding ortho intramolecular Hbond substituents is 2. The van der Waals surface area contributed by atoms with Crippen LogP contribution in [0.3, 0.4) is 0 Å². The minimum absolute atomic E-state index is 0.174. The molecule has 0 spiro atoms. The molecule has 38 heavy (non-hydrogen) atoms. The van der Waals surface area contributed by atoms with Crippen LogP contribution in [0.5, 0.6) is 11.5 Å². The van der Waals surface area contributed by atoms with Crippen LogP contribution in [0.25, 0.3) is 22.5 Å². The van der Waals surface area contributed by atoms with Crippen molar-refractivity contribution in [1.29, 1.82) is 0 Å². The Bertz CT molecular complexity index is 2120. The zero-order chi connectivity index (χ0) is 25.6. The zero-order valence-corrected chi connectivity index (χ0v) is 20.3. The summed E-state index contributed by atoms with van der Waals surface area (Å²) in [4.78, 5) is 10.3. The number of pyridine rings is 2. The van der Waals surface area contributed by atoms with Gasteiger partial charge in [0.05, 0.1) is 22.1 Å². The Balaban J connectivity index is 1.81. The molecule has 4 aromatic carbocycles. The van der Waals surface area contributed by atoms with Crippen molar-refractivity contribution in [2.45, 2.75) is 0 Å². The molecule has 0 amide bonds. The molecule has 0 aliphatic heterocycles. The van der Waals surface area contributed by atoms with Crippen LogP contribution in [-0.4, -0.2) is 20.2 Å². The molecule has 0 fully saturated rings. The molecular formula is C34H22N2O2. The van der Waals surface area contributed by atoms with Gasteiger partial charge in [-0.3, -0.25) is 0 Å². The summed E-state index contributed by atoms with van der Waals surface area (Å²) in [5, 5.41) is 28.9. The highest BCUT2D eigenvalue weighted by atomic mass is 16.3. The second-order valence-electron chi connectivity index (χ2n) is 9.31. The molecule has 0 bridgehead atoms. The number of hydrogen-bond donors (Lipinski definition) is 2. The van der Waals surface area contributed by atoms with E-state index in [1.165, 1.54) is 0 Å². The molecule has 0 radical (unpaired) electrons. The predicted octanol–water partition coefficient (Wildman–Crippen LogP) is 6.68. The van der Waals surface area contributed by atoms with Gasteiger partial charge in [0.15, 0.2) is 0 Å². The van der Waals surface area contributed by atoms with Gasteiger partial charge in [-0.2, -0.15) is 0 Å². The monoisotopic (exact) mass is 490 g/mol. The number of hydrogen-bond acceptors (Lipinski definition) is 4. The minimum Gasteiger partial charge on any atom is -0.507 e. The molecular weight excluding hydrogens is 468 g/mol. The van der Waals surface area contributed by atoms with E-state index in [0.29, 0.717) is 22.5 Å². The first kappa shape index (κ1) is 22.0. The lowest BCUT2D eigenvalue weighted by atomic mass is 10.0. The van der Waals surface area contributed by atoms with Crippen molar-refractivity contribution in [2.75, 3.05) is 0 Å². The third-order valence-electron chi connectivity index (χ3n) is 7.10. The molecule has 1 aliphatic rings. The molecule has 0 saturated heterocycles. The number of benzene rings is 4. The van der Waals surface area contributed by atoms with Crippen LogP contribution in [0.1, 0.15) is 0 Å². The van der Waals surface area contributed by atoms with Gasteiger partial charge in [-0.1, -0.05) is 72.8 Å². The summed E-state index contributed by atoms with van der Waals surface area (Å²) in [5.74, 6) is 0.348. The maximum absolute atomic E-state index is 10.6. The summed E-state index contributed by atoms with van der Waals surface area (Å²) >= 11 is 0. The molecule has 1 aliphatic carbocycles. The van der Waals surface area contributed by atoms with Gasteiger partial charge in [0.1, 0.15) is 11.5 Å². The second-order valence-corrected chi connectivity index (χ2v) is 9.31. The Hall–Kier alpha value is -5.22. The lowest BCUT2D eigenvalue weighted by molar-refractivity contribution is 0.476. The normalized spacial score (nSPS) is 15.2. The first-order valence-corrected chi connectivity index (χ1v) is 12.5. The molecule has 180 valence electrons. The van der Waals surface area contributed by atoms with Gasteiger partial charge in [-0.15, -0.1) is 0 Å². The van der Waals surface area contributed by atoms with Gasteiger partial charge < -0.3 is 10.2 Å². The standard InChI is InChI=1S/C34H22N2O2/c37-31-15-7-5-13-27(31)29-19-17-25-23-11-3-1-9-21(23)22-10-2-4-12-24(22)26-18-20-30(36-34(26)33(25)35-29)28-14-6-8-16-32(28)38/h1-20,37-38H/b22-21-,25-23-,26-24-,34-33-. The minimum atomic E-state index is 0.174. The van der Waals surface area contributed by atoms with E-state index >= 15 is 0 Å². The van der Waals surface area contributed by atoms with Gasteiger partial charge in [-0.25, -0.2) is 9.97 Å². The topological polar surface area (TPSA) is 66.2 Å². The maximum Gasteiger partial charge on any atom is 0.124 e. The van der Waals surface area contributed by atoms with Gasteiger partial charge >= 0.3 is 0 Å². The average Bonchev–Trinajstić information content (AvgIpc) is 2.96. The number of phenols is 2. The Kier molecular flexibility index (Phi) is 5.05. The van der Waals surface area contributed by atoms with E-state index in [4.69, 9.17) is 9.97 Å². The molecule has 4 nitrogen and oxygen atoms in total. The zero-order valence-electron chi connectivity index (χ0n) is 20.3. The first-order valence-electron chi connectivity index (χ1n) is 12.5. The van der Waals surface area contributed by atoms with Gasteiger partial charge in [0.25, 0.3) is 0 Å². The maximum atomic E-state index is 10.6. The molecule has 0 saturated carbocycles. The Labute approximate surface area is 217 Å². The van der Waals surface area contributed by atoms with Crippen molar-refractivity contribution < 1.29 is 10.2 Å². The number of nitrogens with zero attached hydrogens (tertiary/aromatic N) is 2. The second kappa shape index (κ2) is 8.71. The molecule has 7 rings (SSSR count). The highest BCUT2D eigenvalue weighted by molar-refractivity contribution is 5.67. The highest BCUT2D eigenvalue weighted by Crippen LogP contribution is 2.29. The molecule has 0 unspecified atom stereocenters. The quantitative estimate of drug-likeness (QED) is 0.284. The van der Waals surface area contributed by atoms with Crippen molar-refractivity contribution in [3.63, 3.8) is 0 Å². The molecule has 0 atom stereocenters. The van der Waals surface area contributed by atoms with Crippen molar-refractivity contribution in [2.24, 2.45) is 0 Å². The molecule has 2 N–H and O–H groups in total. The van der Waals surface area contributed by atoms with Crippen molar-refractivity contribution in [3.8, 4) is 34.0 Å². The van der Waals surface area contributed by atoms with E-state index < -0.39 is 0 Å². The Morgan fingerprint density at radius 3 is 1.08 bits per heavy atom. The average molecular weight is 491 g/mol. The fourth-order valence-electron chi connectivity index (χ4n) is 5.30. The van der Waals surface area contributed by atoms with Crippen LogP contribution < -0.4 is 0 Å². The molecule has 4 heteroatoms. The molecule has 6 aromatic rings. The molecule has 2 heterocycles.